The number of hydrogen-bond acceptors (Lipinski definition) is 31. The smallest absolute Gasteiger partial charge is 0.355 e. The number of aromatic nitrogens is 9. The van der Waals surface area contributed by atoms with E-state index in [1.165, 1.54) is 84.5 Å². The lowest BCUT2D eigenvalue weighted by atomic mass is 9.94. The van der Waals surface area contributed by atoms with Gasteiger partial charge in [0.15, 0.2) is 53.0 Å². The van der Waals surface area contributed by atoms with Crippen LogP contribution in [0.3, 0.4) is 0 Å². The summed E-state index contributed by atoms with van der Waals surface area (Å²) >= 11 is 10.2. The molecule has 4 aliphatic heterocycles. The van der Waals surface area contributed by atoms with Crippen LogP contribution in [0.5, 0.6) is 17.2 Å². The second kappa shape index (κ2) is 47.3. The van der Waals surface area contributed by atoms with Gasteiger partial charge in [-0.05, 0) is 244 Å². The van der Waals surface area contributed by atoms with Crippen LogP contribution < -0.4 is 54.7 Å². The number of thiazole rings is 7. The fourth-order valence-electron chi connectivity index (χ4n) is 18.3. The molecule has 0 unspecified atom stereocenters. The van der Waals surface area contributed by atoms with E-state index < -0.39 is 17.9 Å². The van der Waals surface area contributed by atoms with Crippen molar-refractivity contribution in [3.05, 3.63) is 329 Å². The van der Waals surface area contributed by atoms with Gasteiger partial charge in [-0.25, -0.2) is 49.3 Å². The number of hydrogen-bond donors (Lipinski definition) is 7. The van der Waals surface area contributed by atoms with Crippen molar-refractivity contribution >= 4 is 204 Å². The number of allylic oxidation sites excluding steroid dienone is 1. The zero-order chi connectivity index (χ0) is 102. The Balaban J connectivity index is 0.000000147. The highest BCUT2D eigenvalue weighted by molar-refractivity contribution is 7.23. The molecule has 150 heavy (non-hydrogen) atoms. The first-order valence-corrected chi connectivity index (χ1v) is 53.8. The molecule has 0 saturated carbocycles. The maximum absolute atomic E-state index is 13.5. The second-order valence-corrected chi connectivity index (χ2v) is 42.7. The average Bonchev–Trinajstić information content (AvgIpc) is 1.48. The Bertz CT molecular complexity index is 8050. The summed E-state index contributed by atoms with van der Waals surface area (Å²) in [6.07, 6.45) is 8.66. The number of fused-ring (bicyclic) bond motifs is 7. The normalized spacial score (nSPS) is 13.1. The molecular weight excluding hydrogens is 2030 g/mol. The van der Waals surface area contributed by atoms with E-state index in [9.17, 15) is 49.3 Å². The van der Waals surface area contributed by atoms with Gasteiger partial charge in [0.25, 0.3) is 17.7 Å². The van der Waals surface area contributed by atoms with Crippen LogP contribution in [0.15, 0.2) is 224 Å². The average molecular weight is 2130 g/mol. The molecule has 10 aromatic carbocycles. The third kappa shape index (κ3) is 23.8. The van der Waals surface area contributed by atoms with Gasteiger partial charge in [0.1, 0.15) is 34.6 Å². The van der Waals surface area contributed by atoms with E-state index in [1.807, 2.05) is 205 Å². The number of carboxylic acid groups (broad SMARTS) is 3. The lowest BCUT2D eigenvalue weighted by molar-refractivity contribution is 0.0679. The molecule has 12 heterocycles. The number of carbonyl (C=O) groups is 6. The first-order valence-electron chi connectivity index (χ1n) is 48.1. The minimum atomic E-state index is -1.07. The van der Waals surface area contributed by atoms with Crippen molar-refractivity contribution in [3.63, 3.8) is 0 Å². The summed E-state index contributed by atoms with van der Waals surface area (Å²) in [4.78, 5) is 122. The number of H-pyrrole nitrogens is 1. The molecule has 31 nitrogen and oxygen atoms in total. The van der Waals surface area contributed by atoms with Crippen LogP contribution >= 0.6 is 79.4 Å². The molecule has 0 radical (unpaired) electrons. The highest BCUT2D eigenvalue weighted by Crippen LogP contribution is 2.41. The van der Waals surface area contributed by atoms with E-state index in [0.717, 1.165) is 140 Å². The largest absolute Gasteiger partial charge is 0.494 e. The lowest BCUT2D eigenvalue weighted by Crippen LogP contribution is -2.46. The fourth-order valence-corrected chi connectivity index (χ4v) is 25.3. The van der Waals surface area contributed by atoms with Crippen molar-refractivity contribution in [1.29, 1.82) is 10.5 Å². The van der Waals surface area contributed by atoms with Crippen molar-refractivity contribution < 1.29 is 58.3 Å². The van der Waals surface area contributed by atoms with Gasteiger partial charge in [-0.15, -0.1) is 34.0 Å². The molecule has 0 atom stereocenters. The first kappa shape index (κ1) is 104. The highest BCUT2D eigenvalue weighted by atomic mass is 32.1. The van der Waals surface area contributed by atoms with Crippen LogP contribution in [0.2, 0.25) is 0 Å². The van der Waals surface area contributed by atoms with Gasteiger partial charge in [-0.1, -0.05) is 157 Å². The number of amides is 3. The minimum absolute atomic E-state index is 0. The Morgan fingerprint density at radius 1 is 0.413 bits per heavy atom. The monoisotopic (exact) mass is 2130 g/mol. The van der Waals surface area contributed by atoms with Crippen molar-refractivity contribution in [2.75, 3.05) is 106 Å². The fraction of sp³-hybridized carbons (Fsp3) is 0.232. The molecule has 7 N–H and O–H groups in total. The Kier molecular flexibility index (Phi) is 32.7. The summed E-state index contributed by atoms with van der Waals surface area (Å²) in [7, 11) is 0. The van der Waals surface area contributed by atoms with E-state index in [1.54, 1.807) is 17.4 Å². The second-order valence-electron chi connectivity index (χ2n) is 35.4. The molecule has 8 aromatic heterocycles. The number of aryl methyl sites for hydroxylation is 5. The van der Waals surface area contributed by atoms with E-state index in [0.29, 0.717) is 190 Å². The number of aromatic carboxylic acids is 3. The molecular formula is C112H103N19O12S7. The summed E-state index contributed by atoms with van der Waals surface area (Å²) < 4.78 is 22.3. The van der Waals surface area contributed by atoms with Crippen molar-refractivity contribution in [2.24, 2.45) is 0 Å². The van der Waals surface area contributed by atoms with Crippen LogP contribution in [0.4, 0.5) is 41.6 Å². The number of anilines is 8. The summed E-state index contributed by atoms with van der Waals surface area (Å²) in [6.45, 7) is 12.2. The van der Waals surface area contributed by atoms with Crippen molar-refractivity contribution in [1.82, 2.24) is 45.1 Å². The molecule has 38 heteroatoms. The summed E-state index contributed by atoms with van der Waals surface area (Å²) in [5.74, 6) is -1.64. The number of nitrogens with one attached hydrogen (secondary N) is 4. The Morgan fingerprint density at radius 2 is 0.813 bits per heavy atom. The van der Waals surface area contributed by atoms with Crippen LogP contribution in [-0.4, -0.2) is 162 Å². The van der Waals surface area contributed by atoms with Crippen LogP contribution in [-0.2, 0) is 58.2 Å². The predicted molar refractivity (Wildman–Crippen MR) is 598 cm³/mol. The third-order valence-corrected chi connectivity index (χ3v) is 33.2. The zero-order valence-corrected chi connectivity index (χ0v) is 85.8. The SMILES string of the molecule is C.C.Cc1[nH]nc(-c2ccc(OCCCc3sc(N4CCc5cccc(C(=O)Nc6nc7ccccc7s6)c5C4)nc3C(=O)O)cc2)c1C#N.Cc1cc(N2CCN(c3nc4ccccc4s3)CC2)ccc1OCCCc1sc(N2CCc3cccc(C(=O)Nc4nc5ccccc5s4)c3C2)nc1C(=O)O.N#C/C=C/c1cccc(OCCCc2sc(N3CCc4cccc(C(=O)Nc5nc6ccccc6s5)c4C3)nc2C(=O)O)c1. The molecule has 4 aliphatic rings. The Labute approximate surface area is 892 Å². The summed E-state index contributed by atoms with van der Waals surface area (Å²) in [5.41, 5.74) is 17.3. The minimum Gasteiger partial charge on any atom is -0.494 e. The molecule has 0 spiro atoms. The number of benzene rings is 10. The number of nitrogens with zero attached hydrogens (tertiary/aromatic N) is 15. The molecule has 760 valence electrons. The molecule has 22 rings (SSSR count). The van der Waals surface area contributed by atoms with Gasteiger partial charge in [0.2, 0.25) is 0 Å². The summed E-state index contributed by atoms with van der Waals surface area (Å²) in [6, 6.07) is 74.2. The number of carbonyl (C=O) groups excluding carboxylic acids is 3. The van der Waals surface area contributed by atoms with Gasteiger partial charge in [0.05, 0.1) is 72.5 Å². The van der Waals surface area contributed by atoms with Gasteiger partial charge in [-0.2, -0.15) is 15.6 Å². The number of para-hydroxylation sites is 4. The molecule has 0 bridgehead atoms. The Hall–Kier alpha value is -16.2. The summed E-state index contributed by atoms with van der Waals surface area (Å²) in [5, 5.41) is 68.7. The number of nitriles is 2. The molecule has 3 amide bonds. The van der Waals surface area contributed by atoms with Crippen LogP contribution in [0, 0.1) is 36.5 Å². The molecule has 1 saturated heterocycles. The number of carboxylic acids is 3. The maximum Gasteiger partial charge on any atom is 0.355 e. The first-order chi connectivity index (χ1) is 72.2. The van der Waals surface area contributed by atoms with Gasteiger partial charge in [0, 0.05) is 114 Å². The van der Waals surface area contributed by atoms with E-state index in [-0.39, 0.29) is 49.7 Å². The third-order valence-electron chi connectivity index (χ3n) is 25.8. The van der Waals surface area contributed by atoms with Gasteiger partial charge < -0.3 is 54.0 Å². The number of ether oxygens (including phenoxy) is 3. The topological polar surface area (TPSA) is 410 Å². The quantitative estimate of drug-likeness (QED) is 0.0157. The van der Waals surface area contributed by atoms with Gasteiger partial charge >= 0.3 is 17.9 Å². The van der Waals surface area contributed by atoms with Crippen LogP contribution in [0.25, 0.3) is 58.2 Å². The molecule has 18 aromatic rings. The lowest BCUT2D eigenvalue weighted by Gasteiger charge is -2.36. The number of rotatable bonds is 31. The van der Waals surface area contributed by atoms with E-state index >= 15 is 0 Å². The highest BCUT2D eigenvalue weighted by Gasteiger charge is 2.33. The van der Waals surface area contributed by atoms with E-state index in [2.05, 4.69) is 120 Å². The maximum atomic E-state index is 13.5. The van der Waals surface area contributed by atoms with Crippen molar-refractivity contribution in [3.8, 4) is 40.6 Å². The number of piperazine rings is 1. The van der Waals surface area contributed by atoms with E-state index in [4.69, 9.17) is 24.5 Å². The van der Waals surface area contributed by atoms with Gasteiger partial charge in [-0.3, -0.25) is 35.4 Å². The predicted octanol–water partition coefficient (Wildman–Crippen LogP) is 23.5. The molecule has 0 aliphatic carbocycles. The Morgan fingerprint density at radius 3 is 1.23 bits per heavy atom. The molecule has 1 fully saturated rings. The zero-order valence-electron chi connectivity index (χ0n) is 80.1. The standard InChI is InChI=1S/C42H39N7O4S3.C35H29N7O4S2.C33H27N5O4S2.2CH4/c1-26-24-28(47-19-21-48(22-20-47)41-44-32-11-3-5-13-35(32)55-41)15-16-33(26)53-23-7-14-36-37(39(51)52)45-42(56-36)49-18-17-27-8-6-9-29(30(27)25-49)38(50)46-40-43-31-10-2-4-12-34(31)54-40;1-20-25(18-36)30(41-40-20)22-11-13-23(14-12-22)46-17-5-10-29-31(33(44)45)38-35(48-29)42-16-15-21-6-4-7-24(26(21)19-42)32(43)39-34-37-27-8-2-3-9-28(27)47-34;34-16-5-8-21-7-3-10-23(19-21)42-18-6-14-28-29(31(40)41)36-33(44-28)38-17-15-22-9-4-11-24(25(22)20-38)30(39)37-32-35-26-12-1-2-13-27(26)43-32;;/h2-6,8-13,15-16,24H,7,14,17-23,25H2,1H3,(H,51,52)(H,43,46,50);2-4,6-9,11-14H,5,10,15-17,19H2,1H3,(H,40,41)(H,44,45)(H,37,39,43);1-5,7-13,19H,6,14-15,17-18,20H2,(H,40,41)(H,35,37,39);2*1H4/b;;8-5+;;. The van der Waals surface area contributed by atoms with Crippen molar-refractivity contribution in [2.45, 2.75) is 106 Å². The number of aromatic amines is 1. The van der Waals surface area contributed by atoms with Crippen LogP contribution in [0.1, 0.15) is 167 Å².